The van der Waals surface area contributed by atoms with Crippen molar-refractivity contribution in [1.29, 1.82) is 0 Å². The van der Waals surface area contributed by atoms with E-state index < -0.39 is 6.09 Å². The van der Waals surface area contributed by atoms with Crippen LogP contribution in [-0.4, -0.2) is 96.1 Å². The summed E-state index contributed by atoms with van der Waals surface area (Å²) in [5.74, 6) is 1.61. The van der Waals surface area contributed by atoms with E-state index in [4.69, 9.17) is 37.7 Å². The summed E-state index contributed by atoms with van der Waals surface area (Å²) in [4.78, 5) is 40.9. The molecule has 2 fully saturated rings. The number of nitrogens with zero attached hydrogens (tertiary/aromatic N) is 6. The number of carbonyl (C=O) groups excluding carboxylic acids is 2. The van der Waals surface area contributed by atoms with E-state index in [0.29, 0.717) is 46.8 Å². The molecule has 0 unspecified atom stereocenters. The number of piperazine rings is 1. The topological polar surface area (TPSA) is 91.3 Å². The van der Waals surface area contributed by atoms with Gasteiger partial charge in [0, 0.05) is 81.5 Å². The van der Waals surface area contributed by atoms with Gasteiger partial charge in [0.25, 0.3) is 0 Å². The monoisotopic (exact) mass is 626 g/mol. The van der Waals surface area contributed by atoms with Gasteiger partial charge in [-0.1, -0.05) is 23.2 Å². The third-order valence-corrected chi connectivity index (χ3v) is 8.18. The predicted molar refractivity (Wildman–Crippen MR) is 167 cm³/mol. The molecular weight excluding hydrogens is 591 g/mol. The first-order chi connectivity index (χ1) is 20.6. The second kappa shape index (κ2) is 13.9. The predicted octanol–water partition coefficient (Wildman–Crippen LogP) is 5.57. The molecular formula is C31H36Cl2N6O4. The van der Waals surface area contributed by atoms with Crippen molar-refractivity contribution < 1.29 is 19.1 Å². The fourth-order valence-electron chi connectivity index (χ4n) is 5.12. The molecule has 0 radical (unpaired) electrons. The van der Waals surface area contributed by atoms with Gasteiger partial charge in [0.05, 0.1) is 11.9 Å². The Kier molecular flexibility index (Phi) is 10.0. The number of amides is 2. The molecule has 2 aliphatic rings. The molecule has 2 amide bonds. The van der Waals surface area contributed by atoms with Gasteiger partial charge in [-0.2, -0.15) is 0 Å². The molecule has 0 N–H and O–H groups in total. The summed E-state index contributed by atoms with van der Waals surface area (Å²) in [5.41, 5.74) is 2.48. The van der Waals surface area contributed by atoms with Crippen molar-refractivity contribution in [2.45, 2.75) is 32.4 Å². The lowest BCUT2D eigenvalue weighted by Gasteiger charge is -2.33. The van der Waals surface area contributed by atoms with E-state index >= 15 is 0 Å². The molecule has 5 rings (SSSR count). The van der Waals surface area contributed by atoms with Crippen molar-refractivity contribution in [2.24, 2.45) is 0 Å². The molecule has 0 aliphatic carbocycles. The first-order valence-corrected chi connectivity index (χ1v) is 15.1. The quantitative estimate of drug-likeness (QED) is 0.333. The molecule has 0 saturated carbocycles. The van der Waals surface area contributed by atoms with Gasteiger partial charge in [0.2, 0.25) is 11.8 Å². The Balaban J connectivity index is 1.30. The molecule has 2 aliphatic heterocycles. The number of carbonyl (C=O) groups is 2. The number of pyridine rings is 2. The molecule has 3 aromatic rings. The van der Waals surface area contributed by atoms with Crippen molar-refractivity contribution in [3.63, 3.8) is 0 Å². The number of likely N-dealkylation sites (tertiary alicyclic amines) is 1. The summed E-state index contributed by atoms with van der Waals surface area (Å²) in [6, 6.07) is 13.2. The molecule has 2 aromatic heterocycles. The van der Waals surface area contributed by atoms with Crippen LogP contribution in [0.1, 0.15) is 25.3 Å². The van der Waals surface area contributed by atoms with Gasteiger partial charge < -0.3 is 19.3 Å². The maximum absolute atomic E-state index is 12.2. The third-order valence-electron chi connectivity index (χ3n) is 7.74. The molecule has 0 spiro atoms. The molecule has 12 heteroatoms. The number of imide groups is 1. The number of rotatable bonds is 7. The smallest absolute Gasteiger partial charge is 0.416 e. The van der Waals surface area contributed by atoms with E-state index in [-0.39, 0.29) is 12.0 Å². The molecule has 1 aromatic carbocycles. The summed E-state index contributed by atoms with van der Waals surface area (Å²) in [5, 5.41) is 1.04. The molecule has 0 bridgehead atoms. The normalized spacial score (nSPS) is 16.6. The Hall–Kier alpha value is -3.44. The van der Waals surface area contributed by atoms with Crippen LogP contribution in [0, 0.1) is 0 Å². The summed E-state index contributed by atoms with van der Waals surface area (Å²) < 4.78 is 11.7. The van der Waals surface area contributed by atoms with Crippen molar-refractivity contribution in [2.75, 3.05) is 58.3 Å². The fraction of sp³-hybridized carbons (Fsp3) is 0.419. The van der Waals surface area contributed by atoms with Crippen LogP contribution in [0.3, 0.4) is 0 Å². The first kappa shape index (κ1) is 31.0. The molecule has 10 nitrogen and oxygen atoms in total. The molecule has 4 heterocycles. The minimum absolute atomic E-state index is 0.229. The van der Waals surface area contributed by atoms with E-state index in [1.807, 2.05) is 36.4 Å². The third kappa shape index (κ3) is 8.35. The Morgan fingerprint density at radius 1 is 0.977 bits per heavy atom. The van der Waals surface area contributed by atoms with Gasteiger partial charge in [-0.3, -0.25) is 14.6 Å². The van der Waals surface area contributed by atoms with Crippen LogP contribution in [0.25, 0.3) is 11.3 Å². The van der Waals surface area contributed by atoms with Crippen LogP contribution in [0.15, 0.2) is 48.7 Å². The Bertz CT molecular complexity index is 1420. The van der Waals surface area contributed by atoms with E-state index in [9.17, 15) is 9.59 Å². The zero-order valence-electron chi connectivity index (χ0n) is 24.6. The van der Waals surface area contributed by atoms with Crippen molar-refractivity contribution >= 4 is 41.0 Å². The average molecular weight is 628 g/mol. The number of hydrogen-bond donors (Lipinski definition) is 0. The highest BCUT2D eigenvalue weighted by atomic mass is 35.5. The van der Waals surface area contributed by atoms with Gasteiger partial charge in [0.15, 0.2) is 0 Å². The number of anilines is 1. The molecule has 2 saturated heterocycles. The Labute approximate surface area is 262 Å². The van der Waals surface area contributed by atoms with Crippen LogP contribution < -0.4 is 9.64 Å². The van der Waals surface area contributed by atoms with Gasteiger partial charge in [0.1, 0.15) is 17.7 Å². The second-order valence-electron chi connectivity index (χ2n) is 11.0. The van der Waals surface area contributed by atoms with Gasteiger partial charge in [-0.15, -0.1) is 0 Å². The Morgan fingerprint density at radius 3 is 2.30 bits per heavy atom. The fourth-order valence-corrected chi connectivity index (χ4v) is 5.65. The lowest BCUT2D eigenvalue weighted by Crippen LogP contribution is -2.44. The van der Waals surface area contributed by atoms with Gasteiger partial charge in [-0.25, -0.2) is 14.8 Å². The van der Waals surface area contributed by atoms with Crippen LogP contribution >= 0.6 is 23.2 Å². The summed E-state index contributed by atoms with van der Waals surface area (Å²) in [7, 11) is 3.55. The highest BCUT2D eigenvalue weighted by molar-refractivity contribution is 6.35. The van der Waals surface area contributed by atoms with Crippen LogP contribution in [0.5, 0.6) is 11.6 Å². The standard InChI is InChI=1S/C31H36Cl2N6O4/c1-21(40)37(3)31(41)43-26-6-8-38(9-7-26)20-22-14-28(23-16-24(32)18-25(33)17-23)35-30(15-22)42-27-4-5-29(34-19-27)39-12-10-36(2)11-13-39/h4-5,14-19,26H,6-13,20H2,1-3H3. The largest absolute Gasteiger partial charge is 0.446 e. The van der Waals surface area contributed by atoms with Gasteiger partial charge in [-0.05, 0) is 61.9 Å². The maximum Gasteiger partial charge on any atom is 0.416 e. The van der Waals surface area contributed by atoms with Crippen molar-refractivity contribution in [3.8, 4) is 22.9 Å². The van der Waals surface area contributed by atoms with Crippen LogP contribution in [-0.2, 0) is 16.1 Å². The zero-order valence-corrected chi connectivity index (χ0v) is 26.1. The first-order valence-electron chi connectivity index (χ1n) is 14.3. The SMILES string of the molecule is CC(=O)N(C)C(=O)OC1CCN(Cc2cc(Oc3ccc(N4CCN(C)CC4)nc3)nc(-c3cc(Cl)cc(Cl)c3)c2)CC1. The average Bonchev–Trinajstić information content (AvgIpc) is 2.98. The highest BCUT2D eigenvalue weighted by Crippen LogP contribution is 2.31. The zero-order chi connectivity index (χ0) is 30.5. The highest BCUT2D eigenvalue weighted by Gasteiger charge is 2.25. The number of aromatic nitrogens is 2. The maximum atomic E-state index is 12.2. The summed E-state index contributed by atoms with van der Waals surface area (Å²) in [6.45, 7) is 7.34. The van der Waals surface area contributed by atoms with Crippen molar-refractivity contribution in [3.05, 3.63) is 64.3 Å². The number of piperidine rings is 1. The molecule has 43 heavy (non-hydrogen) atoms. The number of benzene rings is 1. The minimum Gasteiger partial charge on any atom is -0.446 e. The van der Waals surface area contributed by atoms with Crippen molar-refractivity contribution in [1.82, 2.24) is 24.7 Å². The van der Waals surface area contributed by atoms with E-state index in [2.05, 4.69) is 26.7 Å². The minimum atomic E-state index is -0.613. The van der Waals surface area contributed by atoms with Crippen LogP contribution in [0.2, 0.25) is 10.0 Å². The number of halogens is 2. The van der Waals surface area contributed by atoms with E-state index in [0.717, 1.165) is 61.1 Å². The second-order valence-corrected chi connectivity index (χ2v) is 11.9. The van der Waals surface area contributed by atoms with E-state index in [1.165, 1.54) is 14.0 Å². The van der Waals surface area contributed by atoms with Gasteiger partial charge >= 0.3 is 6.09 Å². The summed E-state index contributed by atoms with van der Waals surface area (Å²) >= 11 is 12.6. The number of likely N-dealkylation sites (N-methyl/N-ethyl adjacent to an activating group) is 1. The lowest BCUT2D eigenvalue weighted by atomic mass is 10.1. The van der Waals surface area contributed by atoms with E-state index in [1.54, 1.807) is 12.3 Å². The lowest BCUT2D eigenvalue weighted by molar-refractivity contribution is -0.126. The molecule has 228 valence electrons. The number of ether oxygens (including phenoxy) is 2. The summed E-state index contributed by atoms with van der Waals surface area (Å²) in [6.07, 6.45) is 2.24. The number of hydrogen-bond acceptors (Lipinski definition) is 9. The Morgan fingerprint density at radius 2 is 1.67 bits per heavy atom. The molecule has 0 atom stereocenters. The van der Waals surface area contributed by atoms with Crippen LogP contribution in [0.4, 0.5) is 10.6 Å².